The van der Waals surface area contributed by atoms with Crippen LogP contribution in [0.4, 0.5) is 5.82 Å². The molecule has 1 saturated carbocycles. The minimum absolute atomic E-state index is 0.292. The second-order valence-electron chi connectivity index (χ2n) is 5.38. The number of rotatable bonds is 5. The van der Waals surface area contributed by atoms with Crippen molar-refractivity contribution < 1.29 is 8.42 Å². The molecule has 2 atom stereocenters. The highest BCUT2D eigenvalue weighted by atomic mass is 32.2. The smallest absolute Gasteiger partial charge is 0.179 e. The third-order valence-electron chi connectivity index (χ3n) is 4.09. The van der Waals surface area contributed by atoms with Crippen molar-refractivity contribution in [2.75, 3.05) is 24.2 Å². The fraction of sp³-hybridized carbons (Fsp3) is 0.643. The van der Waals surface area contributed by atoms with Gasteiger partial charge in [0.15, 0.2) is 9.84 Å². The Morgan fingerprint density at radius 1 is 1.45 bits per heavy atom. The third-order valence-corrected chi connectivity index (χ3v) is 5.20. The van der Waals surface area contributed by atoms with E-state index in [9.17, 15) is 8.42 Å². The molecule has 2 N–H and O–H groups in total. The molecule has 0 spiro atoms. The molecule has 1 fully saturated rings. The Kier molecular flexibility index (Phi) is 4.65. The summed E-state index contributed by atoms with van der Waals surface area (Å²) in [6.07, 6.45) is 6.19. The lowest BCUT2D eigenvalue weighted by molar-refractivity contribution is 0.457. The van der Waals surface area contributed by atoms with E-state index in [-0.39, 0.29) is 0 Å². The number of nitrogens with two attached hydrogens (primary N) is 1. The van der Waals surface area contributed by atoms with E-state index in [2.05, 4.69) is 9.88 Å². The van der Waals surface area contributed by atoms with Gasteiger partial charge in [0, 0.05) is 25.0 Å². The van der Waals surface area contributed by atoms with Crippen LogP contribution in [-0.2, 0) is 9.84 Å². The molecule has 20 heavy (non-hydrogen) atoms. The Labute approximate surface area is 121 Å². The predicted molar refractivity (Wildman–Crippen MR) is 80.6 cm³/mol. The van der Waals surface area contributed by atoms with Crippen molar-refractivity contribution in [2.45, 2.75) is 37.1 Å². The molecule has 2 unspecified atom stereocenters. The van der Waals surface area contributed by atoms with E-state index in [0.29, 0.717) is 29.2 Å². The van der Waals surface area contributed by atoms with E-state index >= 15 is 0 Å². The Morgan fingerprint density at radius 3 is 2.80 bits per heavy atom. The summed E-state index contributed by atoms with van der Waals surface area (Å²) in [6, 6.07) is 3.59. The minimum atomic E-state index is -3.28. The average Bonchev–Trinajstić information content (AvgIpc) is 2.87. The molecule has 0 aliphatic heterocycles. The second kappa shape index (κ2) is 6.10. The summed E-state index contributed by atoms with van der Waals surface area (Å²) in [5, 5.41) is 0. The van der Waals surface area contributed by atoms with Crippen molar-refractivity contribution in [3.05, 3.63) is 18.3 Å². The summed E-state index contributed by atoms with van der Waals surface area (Å²) in [5.41, 5.74) is 5.85. The summed E-state index contributed by atoms with van der Waals surface area (Å²) >= 11 is 0. The molecule has 1 aromatic heterocycles. The number of hydrogen-bond acceptors (Lipinski definition) is 5. The SMILES string of the molecule is CCN(c1ncccc1S(C)(=O)=O)C1CCCC1CN. The first kappa shape index (κ1) is 15.3. The van der Waals surface area contributed by atoms with Crippen LogP contribution in [0.25, 0.3) is 0 Å². The number of hydrogen-bond donors (Lipinski definition) is 1. The number of aromatic nitrogens is 1. The lowest BCUT2D eigenvalue weighted by atomic mass is 10.0. The first-order valence-electron chi connectivity index (χ1n) is 7.10. The van der Waals surface area contributed by atoms with Gasteiger partial charge in [0.2, 0.25) is 0 Å². The van der Waals surface area contributed by atoms with Crippen LogP contribution in [0.2, 0.25) is 0 Å². The van der Waals surface area contributed by atoms with Crippen molar-refractivity contribution in [2.24, 2.45) is 11.7 Å². The maximum atomic E-state index is 11.9. The minimum Gasteiger partial charge on any atom is -0.353 e. The van der Waals surface area contributed by atoms with Gasteiger partial charge >= 0.3 is 0 Å². The molecule has 0 radical (unpaired) electrons. The van der Waals surface area contributed by atoms with Crippen LogP contribution in [-0.4, -0.2) is 38.8 Å². The van der Waals surface area contributed by atoms with Gasteiger partial charge in [-0.3, -0.25) is 0 Å². The fourth-order valence-electron chi connectivity index (χ4n) is 3.13. The van der Waals surface area contributed by atoms with E-state index in [4.69, 9.17) is 5.73 Å². The highest BCUT2D eigenvalue weighted by Gasteiger charge is 2.33. The summed E-state index contributed by atoms with van der Waals surface area (Å²) < 4.78 is 23.9. The zero-order valence-corrected chi connectivity index (χ0v) is 12.9. The first-order chi connectivity index (χ1) is 9.49. The molecule has 0 aromatic carbocycles. The average molecular weight is 297 g/mol. The van der Waals surface area contributed by atoms with Gasteiger partial charge in [-0.25, -0.2) is 13.4 Å². The molecule has 0 bridgehead atoms. The Morgan fingerprint density at radius 2 is 2.20 bits per heavy atom. The van der Waals surface area contributed by atoms with Crippen LogP contribution < -0.4 is 10.6 Å². The quantitative estimate of drug-likeness (QED) is 0.890. The lowest BCUT2D eigenvalue weighted by Gasteiger charge is -2.33. The van der Waals surface area contributed by atoms with E-state index < -0.39 is 9.84 Å². The third kappa shape index (κ3) is 2.96. The zero-order valence-electron chi connectivity index (χ0n) is 12.1. The maximum absolute atomic E-state index is 11.9. The summed E-state index contributed by atoms with van der Waals surface area (Å²) in [5.74, 6) is 0.993. The maximum Gasteiger partial charge on any atom is 0.179 e. The van der Waals surface area contributed by atoms with Gasteiger partial charge in [0.25, 0.3) is 0 Å². The van der Waals surface area contributed by atoms with Gasteiger partial charge in [0.05, 0.1) is 0 Å². The molecule has 2 rings (SSSR count). The van der Waals surface area contributed by atoms with E-state index in [0.717, 1.165) is 25.8 Å². The predicted octanol–water partition coefficient (Wildman–Crippen LogP) is 1.44. The number of sulfone groups is 1. The van der Waals surface area contributed by atoms with Crippen molar-refractivity contribution in [3.63, 3.8) is 0 Å². The normalized spacial score (nSPS) is 22.9. The summed E-state index contributed by atoms with van der Waals surface area (Å²) in [4.78, 5) is 6.76. The standard InChI is InChI=1S/C14H23N3O2S/c1-3-17(12-7-4-6-11(12)10-15)14-13(20(2,18)19)8-5-9-16-14/h5,8-9,11-12H,3-4,6-7,10,15H2,1-2H3. The van der Waals surface area contributed by atoms with Crippen LogP contribution in [0, 0.1) is 5.92 Å². The van der Waals surface area contributed by atoms with Crippen LogP contribution in [0.15, 0.2) is 23.2 Å². The van der Waals surface area contributed by atoms with Crippen LogP contribution in [0.1, 0.15) is 26.2 Å². The largest absolute Gasteiger partial charge is 0.353 e. The molecule has 6 heteroatoms. The molecule has 1 aliphatic rings. The molecule has 1 aliphatic carbocycles. The van der Waals surface area contributed by atoms with Crippen LogP contribution >= 0.6 is 0 Å². The van der Waals surface area contributed by atoms with Crippen LogP contribution in [0.3, 0.4) is 0 Å². The highest BCUT2D eigenvalue weighted by molar-refractivity contribution is 7.90. The molecular weight excluding hydrogens is 274 g/mol. The number of pyridine rings is 1. The molecule has 0 amide bonds. The molecule has 0 saturated heterocycles. The Bertz CT molecular complexity index is 559. The zero-order chi connectivity index (χ0) is 14.8. The van der Waals surface area contributed by atoms with Crippen molar-refractivity contribution in [3.8, 4) is 0 Å². The van der Waals surface area contributed by atoms with Crippen molar-refractivity contribution >= 4 is 15.7 Å². The van der Waals surface area contributed by atoms with Crippen LogP contribution in [0.5, 0.6) is 0 Å². The first-order valence-corrected chi connectivity index (χ1v) is 9.00. The highest BCUT2D eigenvalue weighted by Crippen LogP contribution is 2.34. The number of anilines is 1. The fourth-order valence-corrected chi connectivity index (χ4v) is 3.96. The Hall–Kier alpha value is -1.14. The lowest BCUT2D eigenvalue weighted by Crippen LogP contribution is -2.41. The van der Waals surface area contributed by atoms with Gasteiger partial charge in [-0.05, 0) is 44.4 Å². The van der Waals surface area contributed by atoms with Crippen molar-refractivity contribution in [1.29, 1.82) is 0 Å². The van der Waals surface area contributed by atoms with E-state index in [1.54, 1.807) is 18.3 Å². The molecule has 5 nitrogen and oxygen atoms in total. The second-order valence-corrected chi connectivity index (χ2v) is 7.36. The monoisotopic (exact) mass is 297 g/mol. The number of nitrogens with zero attached hydrogens (tertiary/aromatic N) is 2. The van der Waals surface area contributed by atoms with Gasteiger partial charge in [-0.2, -0.15) is 0 Å². The van der Waals surface area contributed by atoms with Gasteiger partial charge in [-0.15, -0.1) is 0 Å². The van der Waals surface area contributed by atoms with Gasteiger partial charge in [-0.1, -0.05) is 6.42 Å². The van der Waals surface area contributed by atoms with Gasteiger partial charge < -0.3 is 10.6 Å². The molecule has 1 heterocycles. The molecule has 1 aromatic rings. The Balaban J connectivity index is 2.42. The van der Waals surface area contributed by atoms with Crippen molar-refractivity contribution in [1.82, 2.24) is 4.98 Å². The summed E-state index contributed by atoms with van der Waals surface area (Å²) in [7, 11) is -3.28. The van der Waals surface area contributed by atoms with E-state index in [1.165, 1.54) is 6.26 Å². The molecule has 112 valence electrons. The summed E-state index contributed by atoms with van der Waals surface area (Å²) in [6.45, 7) is 3.41. The molecular formula is C14H23N3O2S. The van der Waals surface area contributed by atoms with E-state index in [1.807, 2.05) is 6.92 Å². The van der Waals surface area contributed by atoms with Gasteiger partial charge in [0.1, 0.15) is 10.7 Å². The topological polar surface area (TPSA) is 76.3 Å².